The lowest BCUT2D eigenvalue weighted by Gasteiger charge is -2.29. The zero-order valence-corrected chi connectivity index (χ0v) is 16.5. The summed E-state index contributed by atoms with van der Waals surface area (Å²) >= 11 is 1.87. The Kier molecular flexibility index (Phi) is 4.80. The van der Waals surface area contributed by atoms with Crippen molar-refractivity contribution in [1.29, 1.82) is 0 Å². The first-order chi connectivity index (χ1) is 13.3. The molecule has 0 spiro atoms. The van der Waals surface area contributed by atoms with Crippen molar-refractivity contribution in [3.05, 3.63) is 35.2 Å². The number of carbonyl (C=O) groups is 1. The number of amides is 1. The van der Waals surface area contributed by atoms with Crippen LogP contribution in [-0.4, -0.2) is 72.2 Å². The second-order valence-electron chi connectivity index (χ2n) is 8.03. The molecular weight excluding hydrogens is 358 g/mol. The Morgan fingerprint density at radius 3 is 2.74 bits per heavy atom. The molecule has 3 saturated heterocycles. The first-order valence-corrected chi connectivity index (χ1v) is 11.0. The molecule has 4 heterocycles. The predicted molar refractivity (Wildman–Crippen MR) is 108 cm³/mol. The number of rotatable bonds is 5. The molecule has 1 aromatic carbocycles. The second kappa shape index (κ2) is 7.41. The maximum absolute atomic E-state index is 12.3. The molecule has 27 heavy (non-hydrogen) atoms. The Morgan fingerprint density at radius 1 is 1.04 bits per heavy atom. The van der Waals surface area contributed by atoms with E-state index in [1.165, 1.54) is 47.3 Å². The van der Waals surface area contributed by atoms with E-state index in [1.807, 2.05) is 16.2 Å². The maximum atomic E-state index is 12.3. The van der Waals surface area contributed by atoms with Gasteiger partial charge in [-0.25, -0.2) is 4.79 Å². The van der Waals surface area contributed by atoms with Crippen LogP contribution < -0.4 is 0 Å². The highest BCUT2D eigenvalue weighted by atomic mass is 32.1. The van der Waals surface area contributed by atoms with Crippen LogP contribution in [0.25, 0.3) is 10.1 Å². The lowest BCUT2D eigenvalue weighted by Crippen LogP contribution is -2.43. The van der Waals surface area contributed by atoms with Gasteiger partial charge in [0.1, 0.15) is 6.10 Å². The lowest BCUT2D eigenvalue weighted by atomic mass is 10.1. The molecule has 3 fully saturated rings. The summed E-state index contributed by atoms with van der Waals surface area (Å²) in [6.07, 6.45) is 3.86. The number of thiophene rings is 1. The summed E-state index contributed by atoms with van der Waals surface area (Å²) < 4.78 is 7.04. The van der Waals surface area contributed by atoms with E-state index >= 15 is 0 Å². The van der Waals surface area contributed by atoms with E-state index in [0.717, 1.165) is 32.7 Å². The zero-order valence-electron chi connectivity index (χ0n) is 15.7. The van der Waals surface area contributed by atoms with Crippen LogP contribution in [0.4, 0.5) is 4.79 Å². The van der Waals surface area contributed by atoms with Gasteiger partial charge in [0.25, 0.3) is 0 Å². The van der Waals surface area contributed by atoms with Crippen molar-refractivity contribution in [3.8, 4) is 0 Å². The monoisotopic (exact) mass is 385 g/mol. The minimum absolute atomic E-state index is 0.0354. The molecule has 5 nitrogen and oxygen atoms in total. The molecule has 0 aliphatic carbocycles. The van der Waals surface area contributed by atoms with Crippen LogP contribution >= 0.6 is 11.3 Å². The molecule has 144 valence electrons. The second-order valence-corrected chi connectivity index (χ2v) is 9.20. The van der Waals surface area contributed by atoms with E-state index in [9.17, 15) is 4.79 Å². The smallest absolute Gasteiger partial charge is 0.410 e. The fourth-order valence-electron chi connectivity index (χ4n) is 4.73. The van der Waals surface area contributed by atoms with Gasteiger partial charge in [-0.05, 0) is 43.5 Å². The molecule has 5 rings (SSSR count). The Bertz CT molecular complexity index is 784. The SMILES string of the molecule is O=C1O[C@@H]2CN(Cc3cc4ccccc4s3)C[C@@H]2N1CCN1CCCCC1. The lowest BCUT2D eigenvalue weighted by molar-refractivity contribution is 0.117. The molecule has 0 bridgehead atoms. The third-order valence-corrected chi connectivity index (χ3v) is 7.26. The van der Waals surface area contributed by atoms with Crippen LogP contribution in [0.3, 0.4) is 0 Å². The van der Waals surface area contributed by atoms with Crippen LogP contribution in [0.1, 0.15) is 24.1 Å². The van der Waals surface area contributed by atoms with Gasteiger partial charge in [-0.3, -0.25) is 9.80 Å². The molecule has 2 atom stereocenters. The molecule has 0 unspecified atom stereocenters. The largest absolute Gasteiger partial charge is 0.442 e. The minimum atomic E-state index is -0.108. The first-order valence-electron chi connectivity index (χ1n) is 10.2. The van der Waals surface area contributed by atoms with Crippen molar-refractivity contribution in [2.45, 2.75) is 38.0 Å². The van der Waals surface area contributed by atoms with Crippen molar-refractivity contribution in [3.63, 3.8) is 0 Å². The van der Waals surface area contributed by atoms with Gasteiger partial charge in [-0.1, -0.05) is 24.6 Å². The molecule has 6 heteroatoms. The number of hydrogen-bond donors (Lipinski definition) is 0. The quantitative estimate of drug-likeness (QED) is 0.790. The molecular formula is C21H27N3O2S. The van der Waals surface area contributed by atoms with Crippen molar-refractivity contribution in [1.82, 2.24) is 14.7 Å². The number of benzene rings is 1. The van der Waals surface area contributed by atoms with Gasteiger partial charge in [0.05, 0.1) is 6.04 Å². The number of fused-ring (bicyclic) bond motifs is 2. The molecule has 1 aromatic heterocycles. The average Bonchev–Trinajstić information content (AvgIpc) is 3.33. The molecule has 0 saturated carbocycles. The van der Waals surface area contributed by atoms with Crippen LogP contribution in [-0.2, 0) is 11.3 Å². The van der Waals surface area contributed by atoms with Crippen molar-refractivity contribution in [2.75, 3.05) is 39.3 Å². The highest BCUT2D eigenvalue weighted by Gasteiger charge is 2.47. The van der Waals surface area contributed by atoms with Gasteiger partial charge in [0.2, 0.25) is 0 Å². The van der Waals surface area contributed by atoms with E-state index in [-0.39, 0.29) is 18.2 Å². The van der Waals surface area contributed by atoms with E-state index in [1.54, 1.807) is 0 Å². The minimum Gasteiger partial charge on any atom is -0.442 e. The van der Waals surface area contributed by atoms with Crippen molar-refractivity contribution >= 4 is 27.5 Å². The predicted octanol–water partition coefficient (Wildman–Crippen LogP) is 3.39. The average molecular weight is 386 g/mol. The molecule has 3 aliphatic heterocycles. The van der Waals surface area contributed by atoms with Crippen LogP contribution in [0.5, 0.6) is 0 Å². The standard InChI is InChI=1S/C21H27N3O2S/c25-21-24(11-10-22-8-4-1-5-9-22)18-14-23(15-19(18)26-21)13-17-12-16-6-2-3-7-20(16)27-17/h2-3,6-7,12,18-19H,1,4-5,8-11,13-15H2/t18-,19+/m0/s1. The van der Waals surface area contributed by atoms with Crippen LogP contribution in [0, 0.1) is 0 Å². The van der Waals surface area contributed by atoms with Gasteiger partial charge < -0.3 is 9.64 Å². The Morgan fingerprint density at radius 2 is 1.89 bits per heavy atom. The summed E-state index contributed by atoms with van der Waals surface area (Å²) in [4.78, 5) is 20.6. The van der Waals surface area contributed by atoms with Gasteiger partial charge in [-0.15, -0.1) is 11.3 Å². The normalized spacial score (nSPS) is 26.7. The van der Waals surface area contributed by atoms with E-state index < -0.39 is 0 Å². The van der Waals surface area contributed by atoms with E-state index in [2.05, 4.69) is 40.1 Å². The first kappa shape index (κ1) is 17.5. The van der Waals surface area contributed by atoms with Crippen LogP contribution in [0.15, 0.2) is 30.3 Å². The summed E-state index contributed by atoms with van der Waals surface area (Å²) in [5.41, 5.74) is 0. The number of likely N-dealkylation sites (tertiary alicyclic amines) is 2. The van der Waals surface area contributed by atoms with E-state index in [4.69, 9.17) is 4.74 Å². The van der Waals surface area contributed by atoms with E-state index in [0.29, 0.717) is 0 Å². The molecule has 3 aliphatic rings. The summed E-state index contributed by atoms with van der Waals surface area (Å²) in [5.74, 6) is 0. The Balaban J connectivity index is 1.20. The molecule has 1 amide bonds. The highest BCUT2D eigenvalue weighted by molar-refractivity contribution is 7.19. The summed E-state index contributed by atoms with van der Waals surface area (Å²) in [6, 6.07) is 11.1. The Labute approximate surface area is 164 Å². The third-order valence-electron chi connectivity index (χ3n) is 6.16. The number of nitrogens with zero attached hydrogens (tertiary/aromatic N) is 3. The maximum Gasteiger partial charge on any atom is 0.410 e. The number of piperidine rings is 1. The van der Waals surface area contributed by atoms with Crippen LogP contribution in [0.2, 0.25) is 0 Å². The number of carbonyl (C=O) groups excluding carboxylic acids is 1. The molecule has 0 radical (unpaired) electrons. The topological polar surface area (TPSA) is 36.0 Å². The Hall–Kier alpha value is -1.63. The fraction of sp³-hybridized carbons (Fsp3) is 0.571. The highest BCUT2D eigenvalue weighted by Crippen LogP contribution is 2.31. The molecule has 0 N–H and O–H groups in total. The van der Waals surface area contributed by atoms with Gasteiger partial charge in [-0.2, -0.15) is 0 Å². The third kappa shape index (κ3) is 3.58. The number of ether oxygens (including phenoxy) is 1. The summed E-state index contributed by atoms with van der Waals surface area (Å²) in [7, 11) is 0. The fourth-order valence-corrected chi connectivity index (χ4v) is 5.84. The van der Waals surface area contributed by atoms with Gasteiger partial charge >= 0.3 is 6.09 Å². The van der Waals surface area contributed by atoms with Gasteiger partial charge in [0.15, 0.2) is 0 Å². The number of hydrogen-bond acceptors (Lipinski definition) is 5. The molecule has 2 aromatic rings. The van der Waals surface area contributed by atoms with Crippen molar-refractivity contribution < 1.29 is 9.53 Å². The zero-order chi connectivity index (χ0) is 18.2. The van der Waals surface area contributed by atoms with Crippen molar-refractivity contribution in [2.24, 2.45) is 0 Å². The van der Waals surface area contributed by atoms with Gasteiger partial charge in [0, 0.05) is 42.3 Å². The summed E-state index contributed by atoms with van der Waals surface area (Å²) in [5, 5.41) is 1.33. The summed E-state index contributed by atoms with van der Waals surface area (Å²) in [6.45, 7) is 6.86.